The van der Waals surface area contributed by atoms with Crippen LogP contribution in [-0.2, 0) is 4.79 Å². The summed E-state index contributed by atoms with van der Waals surface area (Å²) in [5.74, 6) is 1.61. The Balaban J connectivity index is 1.61. The van der Waals surface area contributed by atoms with Crippen LogP contribution in [0, 0.1) is 0 Å². The number of nitrogens with zero attached hydrogens (tertiary/aromatic N) is 1. The molecule has 0 fully saturated rings. The Labute approximate surface area is 155 Å². The molecule has 4 aromatic rings. The first-order valence-electron chi connectivity index (χ1n) is 8.38. The summed E-state index contributed by atoms with van der Waals surface area (Å²) in [6.07, 6.45) is 4.56. The number of hydrogen-bond donors (Lipinski definition) is 2. The molecule has 4 rings (SSSR count). The van der Waals surface area contributed by atoms with Crippen LogP contribution in [0.1, 0.15) is 5.76 Å². The lowest BCUT2D eigenvalue weighted by molar-refractivity contribution is -0.111. The molecule has 2 aromatic carbocycles. The molecular weight excluding hydrogens is 342 g/mol. The fourth-order valence-corrected chi connectivity index (χ4v) is 2.76. The molecular formula is C21H17N3O3. The number of carbonyl (C=O) groups is 1. The van der Waals surface area contributed by atoms with Crippen molar-refractivity contribution >= 4 is 28.7 Å². The van der Waals surface area contributed by atoms with Crippen LogP contribution in [0.4, 0.5) is 5.69 Å². The Morgan fingerprint density at radius 2 is 2.07 bits per heavy atom. The first kappa shape index (κ1) is 16.7. The summed E-state index contributed by atoms with van der Waals surface area (Å²) < 4.78 is 10.5. The van der Waals surface area contributed by atoms with Gasteiger partial charge in [0.15, 0.2) is 0 Å². The van der Waals surface area contributed by atoms with E-state index in [4.69, 9.17) is 9.15 Å². The van der Waals surface area contributed by atoms with Gasteiger partial charge in [-0.05, 0) is 48.5 Å². The molecule has 27 heavy (non-hydrogen) atoms. The predicted octanol–water partition coefficient (Wildman–Crippen LogP) is 4.48. The van der Waals surface area contributed by atoms with Crippen LogP contribution in [0.2, 0.25) is 0 Å². The smallest absolute Gasteiger partial charge is 0.248 e. The van der Waals surface area contributed by atoms with E-state index in [1.807, 2.05) is 36.4 Å². The minimum absolute atomic E-state index is 0.286. The number of amides is 1. The first-order valence-corrected chi connectivity index (χ1v) is 8.38. The van der Waals surface area contributed by atoms with Gasteiger partial charge in [-0.1, -0.05) is 12.1 Å². The highest BCUT2D eigenvalue weighted by Crippen LogP contribution is 2.30. The van der Waals surface area contributed by atoms with Crippen molar-refractivity contribution < 1.29 is 13.9 Å². The topological polar surface area (TPSA) is 80.1 Å². The monoisotopic (exact) mass is 359 g/mol. The number of imidazole rings is 1. The van der Waals surface area contributed by atoms with E-state index in [0.717, 1.165) is 22.4 Å². The van der Waals surface area contributed by atoms with Crippen LogP contribution >= 0.6 is 0 Å². The van der Waals surface area contributed by atoms with Gasteiger partial charge in [0.1, 0.15) is 17.3 Å². The highest BCUT2D eigenvalue weighted by Gasteiger charge is 2.11. The van der Waals surface area contributed by atoms with Crippen LogP contribution in [0.15, 0.2) is 71.4 Å². The van der Waals surface area contributed by atoms with Gasteiger partial charge < -0.3 is 19.5 Å². The number of H-pyrrole nitrogens is 1. The molecule has 0 spiro atoms. The van der Waals surface area contributed by atoms with Gasteiger partial charge in [0.25, 0.3) is 0 Å². The molecule has 134 valence electrons. The van der Waals surface area contributed by atoms with Gasteiger partial charge in [0, 0.05) is 11.6 Å². The molecule has 0 atom stereocenters. The Bertz CT molecular complexity index is 1080. The molecule has 0 aliphatic carbocycles. The van der Waals surface area contributed by atoms with Crippen molar-refractivity contribution in [2.75, 3.05) is 12.4 Å². The third-order valence-corrected chi connectivity index (χ3v) is 4.06. The van der Waals surface area contributed by atoms with E-state index in [-0.39, 0.29) is 5.91 Å². The van der Waals surface area contributed by atoms with Crippen molar-refractivity contribution in [2.45, 2.75) is 0 Å². The molecule has 2 aromatic heterocycles. The van der Waals surface area contributed by atoms with E-state index >= 15 is 0 Å². The Kier molecular flexibility index (Phi) is 4.45. The van der Waals surface area contributed by atoms with Crippen LogP contribution in [0.3, 0.4) is 0 Å². The van der Waals surface area contributed by atoms with Gasteiger partial charge in [0.2, 0.25) is 5.91 Å². The number of ether oxygens (including phenoxy) is 1. The van der Waals surface area contributed by atoms with E-state index in [1.165, 1.54) is 6.08 Å². The average molecular weight is 359 g/mol. The van der Waals surface area contributed by atoms with Crippen LogP contribution in [-0.4, -0.2) is 23.0 Å². The number of aromatic amines is 1. The number of benzene rings is 2. The molecule has 2 heterocycles. The zero-order valence-corrected chi connectivity index (χ0v) is 14.6. The fraction of sp³-hybridized carbons (Fsp3) is 0.0476. The number of fused-ring (bicyclic) bond motifs is 1. The van der Waals surface area contributed by atoms with Crippen molar-refractivity contribution in [3.8, 4) is 17.1 Å². The molecule has 6 heteroatoms. The summed E-state index contributed by atoms with van der Waals surface area (Å²) >= 11 is 0. The van der Waals surface area contributed by atoms with E-state index in [2.05, 4.69) is 15.3 Å². The molecule has 0 unspecified atom stereocenters. The number of para-hydroxylation sites is 2. The number of carbonyl (C=O) groups excluding carboxylic acids is 1. The fourth-order valence-electron chi connectivity index (χ4n) is 2.76. The van der Waals surface area contributed by atoms with Gasteiger partial charge in [-0.2, -0.15) is 0 Å². The maximum atomic E-state index is 12.2. The molecule has 0 saturated heterocycles. The van der Waals surface area contributed by atoms with E-state index in [0.29, 0.717) is 17.2 Å². The maximum Gasteiger partial charge on any atom is 0.248 e. The first-order chi connectivity index (χ1) is 13.2. The zero-order valence-electron chi connectivity index (χ0n) is 14.6. The van der Waals surface area contributed by atoms with Crippen molar-refractivity contribution in [3.63, 3.8) is 0 Å². The molecule has 1 amide bonds. The summed E-state index contributed by atoms with van der Waals surface area (Å²) in [6.45, 7) is 0. The lowest BCUT2D eigenvalue weighted by atomic mass is 10.1. The maximum absolute atomic E-state index is 12.2. The third-order valence-electron chi connectivity index (χ3n) is 4.06. The standard InChI is InChI=1S/C21H17N3O3/c1-26-19-10-8-14(21-23-16-6-2-3-7-17(16)24-21)13-18(19)22-20(25)11-9-15-5-4-12-27-15/h2-13H,1H3,(H,22,25)(H,23,24)/b11-9+. The SMILES string of the molecule is COc1ccc(-c2nc3ccccc3[nH]2)cc1NC(=O)/C=C/c1ccco1. The lowest BCUT2D eigenvalue weighted by Gasteiger charge is -2.10. The van der Waals surface area contributed by atoms with Crippen molar-refractivity contribution in [1.82, 2.24) is 9.97 Å². The van der Waals surface area contributed by atoms with Crippen LogP contribution in [0.5, 0.6) is 5.75 Å². The van der Waals surface area contributed by atoms with Crippen molar-refractivity contribution in [2.24, 2.45) is 0 Å². The zero-order chi connectivity index (χ0) is 18.6. The highest BCUT2D eigenvalue weighted by molar-refractivity contribution is 6.03. The van der Waals surface area contributed by atoms with Gasteiger partial charge in [-0.15, -0.1) is 0 Å². The summed E-state index contributed by atoms with van der Waals surface area (Å²) in [5, 5.41) is 2.83. The summed E-state index contributed by atoms with van der Waals surface area (Å²) in [7, 11) is 1.56. The molecule has 0 aliphatic heterocycles. The molecule has 0 bridgehead atoms. The largest absolute Gasteiger partial charge is 0.495 e. The van der Waals surface area contributed by atoms with Crippen molar-refractivity contribution in [3.05, 3.63) is 72.7 Å². The molecule has 0 aliphatic rings. The van der Waals surface area contributed by atoms with Gasteiger partial charge in [0.05, 0.1) is 30.1 Å². The second-order valence-corrected chi connectivity index (χ2v) is 5.86. The molecule has 0 saturated carbocycles. The number of rotatable bonds is 5. The molecule has 6 nitrogen and oxygen atoms in total. The van der Waals surface area contributed by atoms with Crippen LogP contribution in [0.25, 0.3) is 28.5 Å². The predicted molar refractivity (Wildman–Crippen MR) is 104 cm³/mol. The Morgan fingerprint density at radius 1 is 1.19 bits per heavy atom. The lowest BCUT2D eigenvalue weighted by Crippen LogP contribution is -2.09. The van der Waals surface area contributed by atoms with E-state index in [1.54, 1.807) is 37.6 Å². The molecule has 2 N–H and O–H groups in total. The molecule has 0 radical (unpaired) electrons. The summed E-state index contributed by atoms with van der Waals surface area (Å²) in [6, 6.07) is 16.9. The van der Waals surface area contributed by atoms with E-state index in [9.17, 15) is 4.79 Å². The van der Waals surface area contributed by atoms with E-state index < -0.39 is 0 Å². The number of furan rings is 1. The number of aromatic nitrogens is 2. The number of anilines is 1. The highest BCUT2D eigenvalue weighted by atomic mass is 16.5. The minimum Gasteiger partial charge on any atom is -0.495 e. The van der Waals surface area contributed by atoms with Crippen LogP contribution < -0.4 is 10.1 Å². The number of hydrogen-bond acceptors (Lipinski definition) is 4. The summed E-state index contributed by atoms with van der Waals surface area (Å²) in [4.78, 5) is 20.1. The third kappa shape index (κ3) is 3.59. The van der Waals surface area contributed by atoms with Gasteiger partial charge >= 0.3 is 0 Å². The summed E-state index contributed by atoms with van der Waals surface area (Å²) in [5.41, 5.74) is 3.24. The minimum atomic E-state index is -0.286. The van der Waals surface area contributed by atoms with Crippen molar-refractivity contribution in [1.29, 1.82) is 0 Å². The number of nitrogens with one attached hydrogen (secondary N) is 2. The quantitative estimate of drug-likeness (QED) is 0.515. The van der Waals surface area contributed by atoms with Gasteiger partial charge in [-0.3, -0.25) is 4.79 Å². The Hall–Kier alpha value is -3.80. The second-order valence-electron chi connectivity index (χ2n) is 5.86. The average Bonchev–Trinajstić information content (AvgIpc) is 3.35. The van der Waals surface area contributed by atoms with Gasteiger partial charge in [-0.25, -0.2) is 4.98 Å². The second kappa shape index (κ2) is 7.21. The normalized spacial score (nSPS) is 11.1. The Morgan fingerprint density at radius 3 is 2.85 bits per heavy atom. The number of methoxy groups -OCH3 is 1.